The van der Waals surface area contributed by atoms with Crippen LogP contribution >= 0.6 is 11.3 Å². The Hall–Kier alpha value is -2.97. The van der Waals surface area contributed by atoms with Gasteiger partial charge in [-0.25, -0.2) is 9.37 Å². The van der Waals surface area contributed by atoms with Gasteiger partial charge < -0.3 is 5.32 Å². The molecule has 3 nitrogen and oxygen atoms in total. The summed E-state index contributed by atoms with van der Waals surface area (Å²) in [6.45, 7) is 1.88. The molecule has 1 aromatic heterocycles. The van der Waals surface area contributed by atoms with E-state index in [2.05, 4.69) is 16.4 Å². The van der Waals surface area contributed by atoms with Gasteiger partial charge in [0, 0.05) is 17.1 Å². The highest BCUT2D eigenvalue weighted by Crippen LogP contribution is 2.26. The number of aryl methyl sites for hydroxylation is 1. The molecule has 0 fully saturated rings. The van der Waals surface area contributed by atoms with Crippen LogP contribution in [0.25, 0.3) is 16.8 Å². The number of hydrogen-bond donors (Lipinski definition) is 1. The molecular formula is C19H14FN3S. The molecule has 0 unspecified atom stereocenters. The van der Waals surface area contributed by atoms with Gasteiger partial charge in [0.15, 0.2) is 0 Å². The Morgan fingerprint density at radius 2 is 2.04 bits per heavy atom. The number of nitrogens with one attached hydrogen (secondary N) is 1. The van der Waals surface area contributed by atoms with E-state index < -0.39 is 0 Å². The van der Waals surface area contributed by atoms with Crippen molar-refractivity contribution in [1.29, 1.82) is 5.26 Å². The Morgan fingerprint density at radius 3 is 2.79 bits per heavy atom. The maximum absolute atomic E-state index is 13.8. The van der Waals surface area contributed by atoms with E-state index in [1.165, 1.54) is 23.6 Å². The van der Waals surface area contributed by atoms with Gasteiger partial charge in [0.05, 0.1) is 11.4 Å². The molecule has 5 heteroatoms. The molecule has 3 aromatic rings. The summed E-state index contributed by atoms with van der Waals surface area (Å²) in [7, 11) is 0. The molecule has 0 saturated heterocycles. The zero-order chi connectivity index (χ0) is 16.9. The van der Waals surface area contributed by atoms with Crippen LogP contribution < -0.4 is 5.32 Å². The quantitative estimate of drug-likeness (QED) is 0.664. The fourth-order valence-electron chi connectivity index (χ4n) is 2.18. The van der Waals surface area contributed by atoms with Crippen molar-refractivity contribution in [2.75, 3.05) is 5.32 Å². The van der Waals surface area contributed by atoms with Crippen molar-refractivity contribution in [2.45, 2.75) is 6.92 Å². The van der Waals surface area contributed by atoms with Crippen molar-refractivity contribution in [3.8, 4) is 17.3 Å². The SMILES string of the molecule is Cc1ccc(F)c(N/C=C(/C#N)c2nc(-c3ccccc3)cs2)c1. The highest BCUT2D eigenvalue weighted by molar-refractivity contribution is 7.11. The largest absolute Gasteiger partial charge is 0.358 e. The molecular weight excluding hydrogens is 321 g/mol. The van der Waals surface area contributed by atoms with Gasteiger partial charge in [-0.3, -0.25) is 0 Å². The first-order valence-corrected chi connectivity index (χ1v) is 8.19. The Bertz CT molecular complexity index is 923. The van der Waals surface area contributed by atoms with Crippen LogP contribution in [0.4, 0.5) is 10.1 Å². The molecule has 0 amide bonds. The summed E-state index contributed by atoms with van der Waals surface area (Å²) in [5.41, 5.74) is 3.45. The molecule has 118 valence electrons. The minimum Gasteiger partial charge on any atom is -0.358 e. The van der Waals surface area contributed by atoms with Crippen LogP contribution in [0.1, 0.15) is 10.6 Å². The molecule has 0 saturated carbocycles. The molecule has 3 rings (SSSR count). The van der Waals surface area contributed by atoms with Gasteiger partial charge in [-0.05, 0) is 24.6 Å². The zero-order valence-corrected chi connectivity index (χ0v) is 13.8. The standard InChI is InChI=1S/C19H14FN3S/c1-13-7-8-16(20)17(9-13)22-11-15(10-21)19-23-18(12-24-19)14-5-3-2-4-6-14/h2-9,11-12,22H,1H3/b15-11-. The number of nitrogens with zero attached hydrogens (tertiary/aromatic N) is 2. The van der Waals surface area contributed by atoms with E-state index in [0.717, 1.165) is 16.8 Å². The summed E-state index contributed by atoms with van der Waals surface area (Å²) in [6.07, 6.45) is 1.49. The Balaban J connectivity index is 1.86. The molecule has 0 atom stereocenters. The third kappa shape index (κ3) is 3.50. The normalized spacial score (nSPS) is 11.1. The average Bonchev–Trinajstić information content (AvgIpc) is 3.09. The van der Waals surface area contributed by atoms with Crippen LogP contribution in [0.3, 0.4) is 0 Å². The molecule has 0 aliphatic carbocycles. The molecule has 0 aliphatic rings. The summed E-state index contributed by atoms with van der Waals surface area (Å²) >= 11 is 1.38. The lowest BCUT2D eigenvalue weighted by molar-refractivity contribution is 0.631. The van der Waals surface area contributed by atoms with E-state index in [1.807, 2.05) is 42.6 Å². The summed E-state index contributed by atoms with van der Waals surface area (Å²) in [5.74, 6) is -0.363. The zero-order valence-electron chi connectivity index (χ0n) is 13.0. The van der Waals surface area contributed by atoms with Crippen molar-refractivity contribution in [1.82, 2.24) is 4.98 Å². The van der Waals surface area contributed by atoms with Crippen LogP contribution in [-0.2, 0) is 0 Å². The minimum absolute atomic E-state index is 0.336. The molecule has 1 heterocycles. The van der Waals surface area contributed by atoms with Crippen molar-refractivity contribution < 1.29 is 4.39 Å². The van der Waals surface area contributed by atoms with E-state index in [-0.39, 0.29) is 5.82 Å². The maximum atomic E-state index is 13.8. The van der Waals surface area contributed by atoms with Gasteiger partial charge >= 0.3 is 0 Å². The Kier molecular flexibility index (Phi) is 4.69. The second-order valence-corrected chi connectivity index (χ2v) is 6.06. The Labute approximate surface area is 143 Å². The number of hydrogen-bond acceptors (Lipinski definition) is 4. The molecule has 1 N–H and O–H groups in total. The van der Waals surface area contributed by atoms with Crippen LogP contribution in [0.2, 0.25) is 0 Å². The minimum atomic E-state index is -0.363. The molecule has 0 bridgehead atoms. The summed E-state index contributed by atoms with van der Waals surface area (Å²) in [4.78, 5) is 4.50. The second kappa shape index (κ2) is 7.07. The number of rotatable bonds is 4. The van der Waals surface area contributed by atoms with Crippen molar-refractivity contribution in [3.05, 3.63) is 76.5 Å². The van der Waals surface area contributed by atoms with Crippen LogP contribution in [0, 0.1) is 24.1 Å². The number of halogens is 1. The molecule has 0 aliphatic heterocycles. The van der Waals surface area contributed by atoms with Crippen LogP contribution in [0.15, 0.2) is 60.1 Å². The van der Waals surface area contributed by atoms with E-state index in [9.17, 15) is 9.65 Å². The lowest BCUT2D eigenvalue weighted by atomic mass is 10.2. The third-order valence-corrected chi connectivity index (χ3v) is 4.29. The van der Waals surface area contributed by atoms with Crippen molar-refractivity contribution in [2.24, 2.45) is 0 Å². The van der Waals surface area contributed by atoms with Crippen molar-refractivity contribution >= 4 is 22.6 Å². The number of thiazole rings is 1. The summed E-state index contributed by atoms with van der Waals surface area (Å²) in [6, 6.07) is 16.7. The lowest BCUT2D eigenvalue weighted by Gasteiger charge is -2.04. The molecule has 0 radical (unpaired) electrons. The first kappa shape index (κ1) is 15.9. The topological polar surface area (TPSA) is 48.7 Å². The van der Waals surface area contributed by atoms with E-state index in [4.69, 9.17) is 0 Å². The van der Waals surface area contributed by atoms with Gasteiger partial charge in [0.25, 0.3) is 0 Å². The third-order valence-electron chi connectivity index (χ3n) is 3.42. The second-order valence-electron chi connectivity index (χ2n) is 5.20. The van der Waals surface area contributed by atoms with Crippen LogP contribution in [0.5, 0.6) is 0 Å². The van der Waals surface area contributed by atoms with Crippen LogP contribution in [-0.4, -0.2) is 4.98 Å². The highest BCUT2D eigenvalue weighted by Gasteiger charge is 2.09. The number of allylic oxidation sites excluding steroid dienone is 1. The predicted molar refractivity (Wildman–Crippen MR) is 95.9 cm³/mol. The number of nitriles is 1. The van der Waals surface area contributed by atoms with Gasteiger partial charge in [0.1, 0.15) is 22.5 Å². The first-order valence-electron chi connectivity index (χ1n) is 7.31. The first-order chi connectivity index (χ1) is 11.7. The van der Waals surface area contributed by atoms with E-state index >= 15 is 0 Å². The monoisotopic (exact) mass is 335 g/mol. The maximum Gasteiger partial charge on any atom is 0.146 e. The van der Waals surface area contributed by atoms with Gasteiger partial charge in [0.2, 0.25) is 0 Å². The molecule has 0 spiro atoms. The summed E-state index contributed by atoms with van der Waals surface area (Å²) < 4.78 is 13.8. The average molecular weight is 335 g/mol. The van der Waals surface area contributed by atoms with Crippen molar-refractivity contribution in [3.63, 3.8) is 0 Å². The van der Waals surface area contributed by atoms with E-state index in [1.54, 1.807) is 12.1 Å². The molecule has 24 heavy (non-hydrogen) atoms. The van der Waals surface area contributed by atoms with Gasteiger partial charge in [-0.15, -0.1) is 11.3 Å². The lowest BCUT2D eigenvalue weighted by Crippen LogP contribution is -1.94. The highest BCUT2D eigenvalue weighted by atomic mass is 32.1. The fraction of sp³-hybridized carbons (Fsp3) is 0.0526. The van der Waals surface area contributed by atoms with E-state index in [0.29, 0.717) is 16.3 Å². The van der Waals surface area contributed by atoms with Gasteiger partial charge in [-0.1, -0.05) is 36.4 Å². The summed E-state index contributed by atoms with van der Waals surface area (Å²) in [5, 5.41) is 14.7. The predicted octanol–water partition coefficient (Wildman–Crippen LogP) is 5.23. The fourth-order valence-corrected chi connectivity index (χ4v) is 2.98. The Morgan fingerprint density at radius 1 is 1.25 bits per heavy atom. The number of benzene rings is 2. The smallest absolute Gasteiger partial charge is 0.146 e. The molecule has 2 aromatic carbocycles. The number of aromatic nitrogens is 1. The number of anilines is 1. The van der Waals surface area contributed by atoms with Gasteiger partial charge in [-0.2, -0.15) is 5.26 Å².